The monoisotopic (exact) mass is 223 g/mol. The topological polar surface area (TPSA) is 77.8 Å². The molecule has 2 N–H and O–H groups in total. The molecule has 0 aliphatic rings. The van der Waals surface area contributed by atoms with E-state index in [9.17, 15) is 9.59 Å². The first kappa shape index (κ1) is 12.0. The maximum absolute atomic E-state index is 11.0. The van der Waals surface area contributed by atoms with Crippen molar-refractivity contribution in [1.82, 2.24) is 0 Å². The number of rotatable bonds is 4. The summed E-state index contributed by atoms with van der Waals surface area (Å²) >= 11 is 0. The summed E-state index contributed by atoms with van der Waals surface area (Å²) in [6, 6.07) is 4.71. The van der Waals surface area contributed by atoms with Crippen LogP contribution in [0.5, 0.6) is 0 Å². The van der Waals surface area contributed by atoms with Crippen LogP contribution in [0.2, 0.25) is 0 Å². The zero-order valence-electron chi connectivity index (χ0n) is 9.10. The standard InChI is InChI=1S/C11H13NO4/c1-12(2)8-4-3-7(5-10(13)14)9(6-8)11(15)16/h3-4,6H,5H2,1-2H3,(H,13,14)(H,15,16). The van der Waals surface area contributed by atoms with Gasteiger partial charge in [0.2, 0.25) is 0 Å². The van der Waals surface area contributed by atoms with E-state index in [4.69, 9.17) is 10.2 Å². The fourth-order valence-corrected chi connectivity index (χ4v) is 1.36. The van der Waals surface area contributed by atoms with Gasteiger partial charge in [-0.1, -0.05) is 6.07 Å². The molecule has 0 saturated heterocycles. The molecular weight excluding hydrogens is 210 g/mol. The number of nitrogens with zero attached hydrogens (tertiary/aromatic N) is 1. The van der Waals surface area contributed by atoms with Crippen molar-refractivity contribution in [2.45, 2.75) is 6.42 Å². The van der Waals surface area contributed by atoms with Gasteiger partial charge in [-0.2, -0.15) is 0 Å². The molecule has 0 radical (unpaired) electrons. The number of benzene rings is 1. The molecule has 1 aromatic carbocycles. The maximum atomic E-state index is 11.0. The van der Waals surface area contributed by atoms with Crippen molar-refractivity contribution in [1.29, 1.82) is 0 Å². The van der Waals surface area contributed by atoms with Gasteiger partial charge in [-0.05, 0) is 17.7 Å². The zero-order valence-corrected chi connectivity index (χ0v) is 9.10. The Morgan fingerprint density at radius 1 is 1.25 bits per heavy atom. The van der Waals surface area contributed by atoms with Crippen LogP contribution in [0.25, 0.3) is 0 Å². The number of hydrogen-bond acceptors (Lipinski definition) is 3. The second-order valence-electron chi connectivity index (χ2n) is 3.61. The summed E-state index contributed by atoms with van der Waals surface area (Å²) < 4.78 is 0. The molecule has 0 atom stereocenters. The lowest BCUT2D eigenvalue weighted by Gasteiger charge is -2.14. The fraction of sp³-hybridized carbons (Fsp3) is 0.273. The van der Waals surface area contributed by atoms with Crippen molar-refractivity contribution in [3.63, 3.8) is 0 Å². The highest BCUT2D eigenvalue weighted by Crippen LogP contribution is 2.18. The fourth-order valence-electron chi connectivity index (χ4n) is 1.36. The Morgan fingerprint density at radius 3 is 2.31 bits per heavy atom. The van der Waals surface area contributed by atoms with Crippen LogP contribution < -0.4 is 4.90 Å². The third-order valence-corrected chi connectivity index (χ3v) is 2.18. The lowest BCUT2D eigenvalue weighted by Crippen LogP contribution is -2.12. The molecule has 0 amide bonds. The van der Waals surface area contributed by atoms with Gasteiger partial charge in [0, 0.05) is 19.8 Å². The van der Waals surface area contributed by atoms with Crippen LogP contribution in [-0.2, 0) is 11.2 Å². The average molecular weight is 223 g/mol. The Morgan fingerprint density at radius 2 is 1.88 bits per heavy atom. The maximum Gasteiger partial charge on any atom is 0.336 e. The highest BCUT2D eigenvalue weighted by atomic mass is 16.4. The van der Waals surface area contributed by atoms with Crippen LogP contribution in [0.3, 0.4) is 0 Å². The first-order chi connectivity index (χ1) is 7.41. The van der Waals surface area contributed by atoms with E-state index >= 15 is 0 Å². The van der Waals surface area contributed by atoms with Crippen LogP contribution in [0.15, 0.2) is 18.2 Å². The molecule has 5 heteroatoms. The Hall–Kier alpha value is -2.04. The molecule has 1 aromatic rings. The number of anilines is 1. The van der Waals surface area contributed by atoms with Gasteiger partial charge in [0.05, 0.1) is 12.0 Å². The highest BCUT2D eigenvalue weighted by Gasteiger charge is 2.13. The van der Waals surface area contributed by atoms with E-state index in [0.717, 1.165) is 5.69 Å². The van der Waals surface area contributed by atoms with E-state index in [1.807, 2.05) is 0 Å². The molecule has 0 aliphatic heterocycles. The molecular formula is C11H13NO4. The van der Waals surface area contributed by atoms with Gasteiger partial charge in [-0.25, -0.2) is 4.79 Å². The summed E-state index contributed by atoms with van der Waals surface area (Å²) in [4.78, 5) is 23.3. The lowest BCUT2D eigenvalue weighted by atomic mass is 10.0. The second-order valence-corrected chi connectivity index (χ2v) is 3.61. The molecule has 5 nitrogen and oxygen atoms in total. The van der Waals surface area contributed by atoms with Gasteiger partial charge in [-0.15, -0.1) is 0 Å². The Bertz CT molecular complexity index is 426. The molecule has 0 aliphatic carbocycles. The minimum absolute atomic E-state index is 0.0357. The van der Waals surface area contributed by atoms with E-state index < -0.39 is 11.9 Å². The molecule has 0 fully saturated rings. The van der Waals surface area contributed by atoms with E-state index in [-0.39, 0.29) is 12.0 Å². The summed E-state index contributed by atoms with van der Waals surface area (Å²) in [5, 5.41) is 17.6. The van der Waals surface area contributed by atoms with Crippen LogP contribution in [0.4, 0.5) is 5.69 Å². The number of carbonyl (C=O) groups is 2. The number of carboxylic acid groups (broad SMARTS) is 2. The number of aromatic carboxylic acids is 1. The quantitative estimate of drug-likeness (QED) is 0.798. The highest BCUT2D eigenvalue weighted by molar-refractivity contribution is 5.92. The molecule has 0 aromatic heterocycles. The minimum atomic E-state index is -1.11. The summed E-state index contributed by atoms with van der Waals surface area (Å²) in [6.07, 6.45) is -0.282. The largest absolute Gasteiger partial charge is 0.481 e. The van der Waals surface area contributed by atoms with Gasteiger partial charge in [-0.3, -0.25) is 4.79 Å². The number of hydrogen-bond donors (Lipinski definition) is 2. The second kappa shape index (κ2) is 4.65. The van der Waals surface area contributed by atoms with Crippen LogP contribution in [0.1, 0.15) is 15.9 Å². The third kappa shape index (κ3) is 2.73. The molecule has 0 heterocycles. The van der Waals surface area contributed by atoms with Gasteiger partial charge in [0.15, 0.2) is 0 Å². The number of carboxylic acids is 2. The predicted octanol–water partition coefficient (Wildman–Crippen LogP) is 1.08. The van der Waals surface area contributed by atoms with Crippen molar-refractivity contribution < 1.29 is 19.8 Å². The summed E-state index contributed by atoms with van der Waals surface area (Å²) in [7, 11) is 3.58. The SMILES string of the molecule is CN(C)c1ccc(CC(=O)O)c(C(=O)O)c1. The molecule has 86 valence electrons. The Kier molecular flexibility index (Phi) is 3.50. The lowest BCUT2D eigenvalue weighted by molar-refractivity contribution is -0.136. The summed E-state index contributed by atoms with van der Waals surface area (Å²) in [5.74, 6) is -2.15. The van der Waals surface area contributed by atoms with Crippen LogP contribution in [0, 0.1) is 0 Å². The third-order valence-electron chi connectivity index (χ3n) is 2.18. The number of aliphatic carboxylic acids is 1. The predicted molar refractivity (Wildman–Crippen MR) is 59.1 cm³/mol. The van der Waals surface area contributed by atoms with E-state index in [1.165, 1.54) is 12.1 Å². The van der Waals surface area contributed by atoms with Crippen molar-refractivity contribution >= 4 is 17.6 Å². The Labute approximate surface area is 92.9 Å². The molecule has 1 rings (SSSR count). The molecule has 0 spiro atoms. The van der Waals surface area contributed by atoms with Crippen molar-refractivity contribution in [3.8, 4) is 0 Å². The van der Waals surface area contributed by atoms with Gasteiger partial charge < -0.3 is 15.1 Å². The molecule has 0 bridgehead atoms. The Balaban J connectivity index is 3.19. The molecule has 16 heavy (non-hydrogen) atoms. The average Bonchev–Trinajstić information content (AvgIpc) is 2.16. The van der Waals surface area contributed by atoms with E-state index in [0.29, 0.717) is 5.56 Å². The first-order valence-electron chi connectivity index (χ1n) is 4.67. The van der Waals surface area contributed by atoms with E-state index in [1.54, 1.807) is 25.1 Å². The van der Waals surface area contributed by atoms with Gasteiger partial charge in [0.25, 0.3) is 0 Å². The molecule has 0 saturated carbocycles. The summed E-state index contributed by atoms with van der Waals surface area (Å²) in [5.41, 5.74) is 1.07. The van der Waals surface area contributed by atoms with Gasteiger partial charge >= 0.3 is 11.9 Å². The zero-order chi connectivity index (χ0) is 12.3. The molecule has 0 unspecified atom stereocenters. The smallest absolute Gasteiger partial charge is 0.336 e. The summed E-state index contributed by atoms with van der Waals surface area (Å²) in [6.45, 7) is 0. The van der Waals surface area contributed by atoms with Crippen molar-refractivity contribution in [2.24, 2.45) is 0 Å². The van der Waals surface area contributed by atoms with Crippen LogP contribution >= 0.6 is 0 Å². The first-order valence-corrected chi connectivity index (χ1v) is 4.67. The normalized spacial score (nSPS) is 9.88. The van der Waals surface area contributed by atoms with Gasteiger partial charge in [0.1, 0.15) is 0 Å². The van der Waals surface area contributed by atoms with Crippen LogP contribution in [-0.4, -0.2) is 36.2 Å². The van der Waals surface area contributed by atoms with Crippen molar-refractivity contribution in [2.75, 3.05) is 19.0 Å². The van der Waals surface area contributed by atoms with E-state index in [2.05, 4.69) is 0 Å². The minimum Gasteiger partial charge on any atom is -0.481 e. The van der Waals surface area contributed by atoms with Crippen molar-refractivity contribution in [3.05, 3.63) is 29.3 Å².